The molecule has 0 saturated carbocycles. The third-order valence-electron chi connectivity index (χ3n) is 1.88. The number of nitriles is 1. The van der Waals surface area contributed by atoms with E-state index >= 15 is 0 Å². The van der Waals surface area contributed by atoms with Gasteiger partial charge in [-0.05, 0) is 19.9 Å². The summed E-state index contributed by atoms with van der Waals surface area (Å²) in [6, 6.07) is 9.86. The highest BCUT2D eigenvalue weighted by atomic mass is 16.5. The summed E-state index contributed by atoms with van der Waals surface area (Å²) in [5.74, 6) is 0.710. The van der Waals surface area contributed by atoms with Crippen molar-refractivity contribution in [2.75, 3.05) is 6.61 Å². The highest BCUT2D eigenvalue weighted by molar-refractivity contribution is 5.38. The summed E-state index contributed by atoms with van der Waals surface area (Å²) in [5.41, 5.74) is 0.965. The zero-order chi connectivity index (χ0) is 9.68. The van der Waals surface area contributed by atoms with Crippen LogP contribution >= 0.6 is 0 Å². The van der Waals surface area contributed by atoms with Gasteiger partial charge in [-0.15, -0.1) is 0 Å². The van der Waals surface area contributed by atoms with Gasteiger partial charge in [0.25, 0.3) is 0 Å². The molecule has 0 heterocycles. The van der Waals surface area contributed by atoms with E-state index < -0.39 is 0 Å². The topological polar surface area (TPSA) is 33.0 Å². The lowest BCUT2D eigenvalue weighted by atomic mass is 10.0. The number of hydrogen-bond donors (Lipinski definition) is 0. The number of nitrogens with zero attached hydrogens (tertiary/aromatic N) is 1. The summed E-state index contributed by atoms with van der Waals surface area (Å²) >= 11 is 0. The molecule has 1 atom stereocenters. The Morgan fingerprint density at radius 3 is 2.77 bits per heavy atom. The van der Waals surface area contributed by atoms with E-state index in [2.05, 4.69) is 6.07 Å². The van der Waals surface area contributed by atoms with Crippen molar-refractivity contribution < 1.29 is 4.74 Å². The van der Waals surface area contributed by atoms with E-state index in [0.29, 0.717) is 6.61 Å². The first-order chi connectivity index (χ1) is 6.29. The van der Waals surface area contributed by atoms with E-state index in [-0.39, 0.29) is 5.92 Å². The third kappa shape index (κ3) is 2.22. The normalized spacial score (nSPS) is 11.8. The van der Waals surface area contributed by atoms with Crippen molar-refractivity contribution in [3.8, 4) is 11.8 Å². The fraction of sp³-hybridized carbons (Fsp3) is 0.364. The molecule has 0 saturated heterocycles. The molecular weight excluding hydrogens is 162 g/mol. The van der Waals surface area contributed by atoms with Crippen molar-refractivity contribution >= 4 is 0 Å². The van der Waals surface area contributed by atoms with Crippen LogP contribution < -0.4 is 4.74 Å². The van der Waals surface area contributed by atoms with Gasteiger partial charge in [-0.3, -0.25) is 0 Å². The van der Waals surface area contributed by atoms with Gasteiger partial charge in [-0.25, -0.2) is 0 Å². The van der Waals surface area contributed by atoms with E-state index in [1.54, 1.807) is 0 Å². The Hall–Kier alpha value is -1.49. The predicted octanol–water partition coefficient (Wildman–Crippen LogP) is 2.71. The lowest BCUT2D eigenvalue weighted by Crippen LogP contribution is -1.98. The first kappa shape index (κ1) is 9.60. The fourth-order valence-corrected chi connectivity index (χ4v) is 1.19. The van der Waals surface area contributed by atoms with Crippen LogP contribution in [0.25, 0.3) is 0 Å². The summed E-state index contributed by atoms with van der Waals surface area (Å²) in [6.45, 7) is 4.45. The van der Waals surface area contributed by atoms with E-state index in [1.165, 1.54) is 0 Å². The molecule has 0 aliphatic rings. The van der Waals surface area contributed by atoms with Gasteiger partial charge < -0.3 is 4.74 Å². The van der Waals surface area contributed by atoms with Gasteiger partial charge in [0.1, 0.15) is 5.75 Å². The van der Waals surface area contributed by atoms with Crippen LogP contribution in [0.2, 0.25) is 0 Å². The van der Waals surface area contributed by atoms with E-state index in [9.17, 15) is 0 Å². The second-order valence-electron chi connectivity index (χ2n) is 2.82. The molecule has 0 radical (unpaired) electrons. The molecule has 0 bridgehead atoms. The summed E-state index contributed by atoms with van der Waals surface area (Å²) < 4.78 is 5.41. The van der Waals surface area contributed by atoms with Crippen LogP contribution in [0.5, 0.6) is 5.75 Å². The lowest BCUT2D eigenvalue weighted by Gasteiger charge is -2.10. The molecule has 0 spiro atoms. The van der Waals surface area contributed by atoms with Crippen molar-refractivity contribution in [1.29, 1.82) is 5.26 Å². The van der Waals surface area contributed by atoms with Crippen molar-refractivity contribution in [3.63, 3.8) is 0 Å². The Morgan fingerprint density at radius 1 is 1.46 bits per heavy atom. The van der Waals surface area contributed by atoms with Crippen LogP contribution in [-0.4, -0.2) is 6.61 Å². The van der Waals surface area contributed by atoms with Gasteiger partial charge in [0.2, 0.25) is 0 Å². The molecule has 68 valence electrons. The van der Waals surface area contributed by atoms with Crippen LogP contribution in [0.1, 0.15) is 25.3 Å². The van der Waals surface area contributed by atoms with Crippen molar-refractivity contribution in [3.05, 3.63) is 29.8 Å². The van der Waals surface area contributed by atoms with Gasteiger partial charge in [-0.1, -0.05) is 18.2 Å². The molecule has 2 heteroatoms. The van der Waals surface area contributed by atoms with Gasteiger partial charge >= 0.3 is 0 Å². The van der Waals surface area contributed by atoms with Crippen molar-refractivity contribution in [1.82, 2.24) is 0 Å². The van der Waals surface area contributed by atoms with Gasteiger partial charge in [-0.2, -0.15) is 5.26 Å². The summed E-state index contributed by atoms with van der Waals surface area (Å²) in [7, 11) is 0. The minimum absolute atomic E-state index is 0.109. The standard InChI is InChI=1S/C11H13NO/c1-3-13-11-7-5-4-6-10(11)9(2)8-12/h4-7,9H,3H2,1-2H3. The van der Waals surface area contributed by atoms with Crippen LogP contribution in [0.3, 0.4) is 0 Å². The second-order valence-corrected chi connectivity index (χ2v) is 2.82. The van der Waals surface area contributed by atoms with E-state index in [0.717, 1.165) is 11.3 Å². The van der Waals surface area contributed by atoms with E-state index in [4.69, 9.17) is 10.00 Å². The number of rotatable bonds is 3. The maximum Gasteiger partial charge on any atom is 0.123 e. The van der Waals surface area contributed by atoms with Crippen LogP contribution in [0.15, 0.2) is 24.3 Å². The van der Waals surface area contributed by atoms with Crippen LogP contribution in [0.4, 0.5) is 0 Å². The summed E-state index contributed by atoms with van der Waals surface area (Å²) in [4.78, 5) is 0. The molecule has 0 aromatic heterocycles. The molecule has 0 aliphatic carbocycles. The summed E-state index contributed by atoms with van der Waals surface area (Å²) in [5, 5.41) is 8.78. The number of benzene rings is 1. The molecule has 0 fully saturated rings. The maximum absolute atomic E-state index is 8.78. The molecule has 13 heavy (non-hydrogen) atoms. The first-order valence-electron chi connectivity index (χ1n) is 4.41. The molecule has 0 N–H and O–H groups in total. The molecule has 1 unspecified atom stereocenters. The fourth-order valence-electron chi connectivity index (χ4n) is 1.19. The first-order valence-corrected chi connectivity index (χ1v) is 4.41. The highest BCUT2D eigenvalue weighted by Crippen LogP contribution is 2.25. The van der Waals surface area contributed by atoms with E-state index in [1.807, 2.05) is 38.1 Å². The molecule has 1 aromatic carbocycles. The van der Waals surface area contributed by atoms with Crippen LogP contribution in [0, 0.1) is 11.3 Å². The molecule has 2 nitrogen and oxygen atoms in total. The zero-order valence-electron chi connectivity index (χ0n) is 7.95. The van der Waals surface area contributed by atoms with Gasteiger partial charge in [0.15, 0.2) is 0 Å². The Morgan fingerprint density at radius 2 is 2.15 bits per heavy atom. The molecular formula is C11H13NO. The average molecular weight is 175 g/mol. The SMILES string of the molecule is CCOc1ccccc1C(C)C#N. The lowest BCUT2D eigenvalue weighted by molar-refractivity contribution is 0.336. The zero-order valence-corrected chi connectivity index (χ0v) is 7.95. The highest BCUT2D eigenvalue weighted by Gasteiger charge is 2.08. The molecule has 1 aromatic rings. The molecule has 0 amide bonds. The Bertz CT molecular complexity index is 314. The monoisotopic (exact) mass is 175 g/mol. The predicted molar refractivity (Wildman–Crippen MR) is 51.6 cm³/mol. The maximum atomic E-state index is 8.78. The average Bonchev–Trinajstić information content (AvgIpc) is 2.18. The van der Waals surface area contributed by atoms with Crippen LogP contribution in [-0.2, 0) is 0 Å². The quantitative estimate of drug-likeness (QED) is 0.707. The largest absolute Gasteiger partial charge is 0.494 e. The van der Waals surface area contributed by atoms with Gasteiger partial charge in [0.05, 0.1) is 18.6 Å². The minimum Gasteiger partial charge on any atom is -0.494 e. The summed E-state index contributed by atoms with van der Waals surface area (Å²) in [6.07, 6.45) is 0. The molecule has 0 aliphatic heterocycles. The van der Waals surface area contributed by atoms with Crippen molar-refractivity contribution in [2.24, 2.45) is 0 Å². The number of hydrogen-bond acceptors (Lipinski definition) is 2. The minimum atomic E-state index is -0.109. The Balaban J connectivity index is 2.98. The smallest absolute Gasteiger partial charge is 0.123 e. The number of ether oxygens (including phenoxy) is 1. The third-order valence-corrected chi connectivity index (χ3v) is 1.88. The van der Waals surface area contributed by atoms with Gasteiger partial charge in [0, 0.05) is 5.56 Å². The Kier molecular flexibility index (Phi) is 3.33. The van der Waals surface area contributed by atoms with Crippen molar-refractivity contribution in [2.45, 2.75) is 19.8 Å². The molecule has 1 rings (SSSR count). The Labute approximate surface area is 78.8 Å². The number of para-hydroxylation sites is 1. The second kappa shape index (κ2) is 4.51.